The summed E-state index contributed by atoms with van der Waals surface area (Å²) in [7, 11) is 0. The summed E-state index contributed by atoms with van der Waals surface area (Å²) in [5, 5.41) is 10.2. The van der Waals surface area contributed by atoms with Crippen LogP contribution in [0.4, 0.5) is 0 Å². The Balaban J connectivity index is 0. The topological polar surface area (TPSA) is 40.1 Å². The Labute approximate surface area is 138 Å². The third-order valence-corrected chi connectivity index (χ3v) is 3.98. The lowest BCUT2D eigenvalue weighted by Crippen LogP contribution is -2.21. The number of aliphatic carboxylic acids is 1. The van der Waals surface area contributed by atoms with Crippen molar-refractivity contribution < 1.29 is 22.3 Å². The third-order valence-electron chi connectivity index (χ3n) is 3.98. The van der Waals surface area contributed by atoms with Crippen molar-refractivity contribution in [1.29, 1.82) is 0 Å². The zero-order valence-corrected chi connectivity index (χ0v) is 15.0. The van der Waals surface area contributed by atoms with E-state index in [2.05, 4.69) is 6.92 Å². The molecule has 0 aliphatic heterocycles. The molecule has 0 aromatic heterocycles. The van der Waals surface area contributed by atoms with Crippen molar-refractivity contribution in [2.24, 2.45) is 0 Å². The number of hydrogen-bond acceptors (Lipinski definition) is 2. The maximum absolute atomic E-state index is 10.2. The van der Waals surface area contributed by atoms with Crippen LogP contribution in [0.3, 0.4) is 0 Å². The molecule has 0 heterocycles. The summed E-state index contributed by atoms with van der Waals surface area (Å²) in [5.41, 5.74) is 0. The van der Waals surface area contributed by atoms with Gasteiger partial charge in [-0.3, -0.25) is 0 Å². The van der Waals surface area contributed by atoms with Gasteiger partial charge in [0.25, 0.3) is 0 Å². The highest BCUT2D eigenvalue weighted by molar-refractivity contribution is 5.63. The van der Waals surface area contributed by atoms with Crippen LogP contribution in [0.2, 0.25) is 0 Å². The van der Waals surface area contributed by atoms with Crippen molar-refractivity contribution in [2.45, 2.75) is 110 Å². The lowest BCUT2D eigenvalue weighted by atomic mass is 10.0. The Hall–Kier alpha value is -0.240. The summed E-state index contributed by atoms with van der Waals surface area (Å²) < 4.78 is 0. The minimum Gasteiger partial charge on any atom is -0.550 e. The van der Waals surface area contributed by atoms with Crippen LogP contribution < -0.4 is 5.11 Å². The molecule has 3 heteroatoms. The van der Waals surface area contributed by atoms with Gasteiger partial charge in [-0.15, -0.1) is 0 Å². The smallest absolute Gasteiger partial charge is 0.0903 e. The average Bonchev–Trinajstić information content (AvgIpc) is 2.43. The minimum atomic E-state index is -0.903. The standard InChI is InChI=1S/C18H36O2.ClH2/c1-2-3-4-5-6-7-8-9-10-11-12-13-14-15-16-17-18(19)20;/h2-17H2,1H3,(H,19,20);1H2/q;+1/p-1. The van der Waals surface area contributed by atoms with E-state index in [0.717, 1.165) is 12.8 Å². The summed E-state index contributed by atoms with van der Waals surface area (Å²) in [6.07, 6.45) is 19.9. The van der Waals surface area contributed by atoms with E-state index in [1.165, 1.54) is 83.5 Å². The van der Waals surface area contributed by atoms with Crippen molar-refractivity contribution in [2.75, 3.05) is 0 Å². The number of unbranched alkanes of at least 4 members (excludes halogenated alkanes) is 14. The fourth-order valence-electron chi connectivity index (χ4n) is 2.64. The van der Waals surface area contributed by atoms with Crippen LogP contribution in [0.15, 0.2) is 0 Å². The summed E-state index contributed by atoms with van der Waals surface area (Å²) in [6, 6.07) is 0. The first-order valence-corrected chi connectivity index (χ1v) is 8.97. The van der Waals surface area contributed by atoms with Crippen molar-refractivity contribution in [1.82, 2.24) is 0 Å². The first-order valence-electron chi connectivity index (χ1n) is 8.97. The van der Waals surface area contributed by atoms with Crippen LogP contribution in [-0.2, 0) is 4.79 Å². The SMILES string of the molecule is CCCCCCCCCCCCCCCCCC(=O)[O-].[ClH2+]. The highest BCUT2D eigenvalue weighted by Crippen LogP contribution is 2.13. The number of hydrogen-bond donors (Lipinski definition) is 0. The second-order valence-electron chi connectivity index (χ2n) is 6.07. The normalized spacial score (nSPS) is 10.3. The van der Waals surface area contributed by atoms with Gasteiger partial charge in [0.2, 0.25) is 0 Å². The molecule has 0 spiro atoms. The molecule has 0 aromatic rings. The van der Waals surface area contributed by atoms with Crippen LogP contribution in [0.1, 0.15) is 110 Å². The second-order valence-corrected chi connectivity index (χ2v) is 6.07. The molecule has 0 fully saturated rings. The molecule has 0 N–H and O–H groups in total. The predicted molar refractivity (Wildman–Crippen MR) is 87.3 cm³/mol. The summed E-state index contributed by atoms with van der Waals surface area (Å²) in [5.74, 6) is -0.903. The van der Waals surface area contributed by atoms with Crippen LogP contribution in [0.5, 0.6) is 0 Å². The maximum atomic E-state index is 10.2. The van der Waals surface area contributed by atoms with E-state index < -0.39 is 5.97 Å². The predicted octanol–water partition coefficient (Wildman–Crippen LogP) is 4.46. The quantitative estimate of drug-likeness (QED) is 0.394. The van der Waals surface area contributed by atoms with Crippen LogP contribution in [0, 0.1) is 12.4 Å². The molecule has 2 nitrogen and oxygen atoms in total. The molecule has 0 rings (SSSR count). The lowest BCUT2D eigenvalue weighted by Gasteiger charge is -2.04. The van der Waals surface area contributed by atoms with Crippen LogP contribution in [0.25, 0.3) is 0 Å². The van der Waals surface area contributed by atoms with E-state index in [4.69, 9.17) is 0 Å². The van der Waals surface area contributed by atoms with Gasteiger partial charge in [0.15, 0.2) is 0 Å². The van der Waals surface area contributed by atoms with E-state index in [1.54, 1.807) is 0 Å². The number of carboxylic acid groups (broad SMARTS) is 1. The third kappa shape index (κ3) is 22.2. The molecule has 0 unspecified atom stereocenters. The molecular weight excluding hydrogens is 284 g/mol. The van der Waals surface area contributed by atoms with Gasteiger partial charge in [-0.2, -0.15) is 0 Å². The number of carbonyl (C=O) groups excluding carboxylic acids is 1. The van der Waals surface area contributed by atoms with Gasteiger partial charge in [0.05, 0.1) is 12.4 Å². The largest absolute Gasteiger partial charge is 0.550 e. The van der Waals surface area contributed by atoms with Gasteiger partial charge < -0.3 is 9.90 Å². The van der Waals surface area contributed by atoms with Crippen molar-refractivity contribution in [3.63, 3.8) is 0 Å². The second kappa shape index (κ2) is 19.8. The Morgan fingerprint density at radius 2 is 0.905 bits per heavy atom. The Kier molecular flexibility index (Phi) is 21.7. The van der Waals surface area contributed by atoms with Gasteiger partial charge in [-0.05, 0) is 12.8 Å². The van der Waals surface area contributed by atoms with Crippen LogP contribution >= 0.6 is 0 Å². The first kappa shape index (κ1) is 23.0. The molecular formula is C18H37ClO2. The van der Waals surface area contributed by atoms with E-state index >= 15 is 0 Å². The van der Waals surface area contributed by atoms with Crippen molar-refractivity contribution >= 4 is 5.97 Å². The lowest BCUT2D eigenvalue weighted by molar-refractivity contribution is -0.305. The zero-order valence-electron chi connectivity index (χ0n) is 14.1. The molecule has 0 bridgehead atoms. The number of carboxylic acids is 1. The Bertz CT molecular complexity index is 207. The maximum Gasteiger partial charge on any atom is 0.0903 e. The molecule has 0 saturated heterocycles. The fourth-order valence-corrected chi connectivity index (χ4v) is 2.64. The van der Waals surface area contributed by atoms with E-state index in [1.807, 2.05) is 0 Å². The Morgan fingerprint density at radius 1 is 0.619 bits per heavy atom. The molecule has 0 amide bonds. The summed E-state index contributed by atoms with van der Waals surface area (Å²) >= 11 is 0. The number of halogens is 1. The summed E-state index contributed by atoms with van der Waals surface area (Å²) in [6.45, 7) is 2.27. The molecule has 0 atom stereocenters. The average molecular weight is 321 g/mol. The van der Waals surface area contributed by atoms with Gasteiger partial charge in [-0.1, -0.05) is 96.8 Å². The zero-order chi connectivity index (χ0) is 14.9. The summed E-state index contributed by atoms with van der Waals surface area (Å²) in [4.78, 5) is 10.2. The molecule has 0 aliphatic carbocycles. The van der Waals surface area contributed by atoms with E-state index in [0.29, 0.717) is 0 Å². The minimum absolute atomic E-state index is 0. The Morgan fingerprint density at radius 3 is 1.19 bits per heavy atom. The van der Waals surface area contributed by atoms with Gasteiger partial charge in [-0.25, -0.2) is 0 Å². The monoisotopic (exact) mass is 320 g/mol. The van der Waals surface area contributed by atoms with Gasteiger partial charge in [0, 0.05) is 5.97 Å². The number of carbonyl (C=O) groups is 1. The van der Waals surface area contributed by atoms with E-state index in [9.17, 15) is 9.90 Å². The van der Waals surface area contributed by atoms with Crippen molar-refractivity contribution in [3.8, 4) is 0 Å². The first-order chi connectivity index (χ1) is 9.77. The van der Waals surface area contributed by atoms with Crippen molar-refractivity contribution in [3.05, 3.63) is 0 Å². The van der Waals surface area contributed by atoms with E-state index in [-0.39, 0.29) is 18.8 Å². The number of rotatable bonds is 16. The molecule has 128 valence electrons. The molecule has 0 aromatic carbocycles. The highest BCUT2D eigenvalue weighted by atomic mass is 35.5. The fraction of sp³-hybridized carbons (Fsp3) is 0.944. The molecule has 0 radical (unpaired) electrons. The molecule has 21 heavy (non-hydrogen) atoms. The van der Waals surface area contributed by atoms with Gasteiger partial charge >= 0.3 is 0 Å². The molecule has 0 saturated carbocycles. The van der Waals surface area contributed by atoms with Crippen LogP contribution in [-0.4, -0.2) is 5.97 Å². The van der Waals surface area contributed by atoms with Gasteiger partial charge in [0.1, 0.15) is 0 Å². The highest BCUT2D eigenvalue weighted by Gasteiger charge is 1.94. The molecule has 0 aliphatic rings.